The lowest BCUT2D eigenvalue weighted by Crippen LogP contribution is -2.26. The molecule has 126 valence electrons. The highest BCUT2D eigenvalue weighted by Gasteiger charge is 2.14. The van der Waals surface area contributed by atoms with Crippen molar-refractivity contribution >= 4 is 29.1 Å². The number of nitrogens with zero attached hydrogens (tertiary/aromatic N) is 2. The Hall–Kier alpha value is -2.61. The molecule has 0 saturated carbocycles. The molecule has 0 fully saturated rings. The second-order valence-corrected chi connectivity index (χ2v) is 5.57. The van der Waals surface area contributed by atoms with Crippen LogP contribution < -0.4 is 10.1 Å². The van der Waals surface area contributed by atoms with E-state index in [9.17, 15) is 4.79 Å². The van der Waals surface area contributed by atoms with Crippen molar-refractivity contribution in [3.05, 3.63) is 40.6 Å². The Morgan fingerprint density at radius 3 is 3.08 bits per heavy atom. The molecule has 7 nitrogen and oxygen atoms in total. The number of para-hydroxylation sites is 1. The van der Waals surface area contributed by atoms with Crippen molar-refractivity contribution in [2.75, 3.05) is 13.7 Å². The van der Waals surface area contributed by atoms with Crippen LogP contribution in [0.4, 0.5) is 0 Å². The largest absolute Gasteiger partial charge is 0.493 e. The number of aromatic nitrogens is 3. The van der Waals surface area contributed by atoms with Crippen molar-refractivity contribution in [2.24, 2.45) is 0 Å². The number of H-pyrrole nitrogens is 1. The molecule has 0 atom stereocenters. The van der Waals surface area contributed by atoms with E-state index in [2.05, 4.69) is 15.5 Å². The zero-order valence-electron chi connectivity index (χ0n) is 13.5. The summed E-state index contributed by atoms with van der Waals surface area (Å²) >= 11 is 5.14. The molecule has 0 aliphatic heterocycles. The molecule has 0 spiro atoms. The van der Waals surface area contributed by atoms with Crippen molar-refractivity contribution in [1.82, 2.24) is 20.1 Å². The first-order chi connectivity index (χ1) is 11.6. The summed E-state index contributed by atoms with van der Waals surface area (Å²) in [4.78, 5) is 12.3. The maximum absolute atomic E-state index is 12.3. The lowest BCUT2D eigenvalue weighted by molar-refractivity contribution is 0.0928. The van der Waals surface area contributed by atoms with Gasteiger partial charge >= 0.3 is 0 Å². The van der Waals surface area contributed by atoms with Crippen LogP contribution in [0.3, 0.4) is 0 Å². The Labute approximate surface area is 143 Å². The number of nitrogens with one attached hydrogen (secondary N) is 2. The Morgan fingerprint density at radius 2 is 2.33 bits per heavy atom. The first-order valence-electron chi connectivity index (χ1n) is 7.63. The Bertz CT molecular complexity index is 925. The fourth-order valence-corrected chi connectivity index (χ4v) is 2.83. The molecule has 3 rings (SSSR count). The minimum Gasteiger partial charge on any atom is -0.493 e. The standard InChI is InChI=1S/C16H18N4O3S/c1-3-20-13(18-19-16(20)24)7-8-17-15(21)12-9-10-5-4-6-11(22-2)14(10)23-12/h4-6,9H,3,7-8H2,1-2H3,(H,17,21)(H,19,24). The van der Waals surface area contributed by atoms with Gasteiger partial charge in [-0.1, -0.05) is 12.1 Å². The Balaban J connectivity index is 1.68. The monoisotopic (exact) mass is 346 g/mol. The molecular weight excluding hydrogens is 328 g/mol. The van der Waals surface area contributed by atoms with Gasteiger partial charge in [0.2, 0.25) is 0 Å². The number of furan rings is 1. The molecular formula is C16H18N4O3S. The number of ether oxygens (including phenoxy) is 1. The van der Waals surface area contributed by atoms with Crippen LogP contribution >= 0.6 is 12.2 Å². The van der Waals surface area contributed by atoms with E-state index in [1.165, 1.54) is 0 Å². The van der Waals surface area contributed by atoms with E-state index in [4.69, 9.17) is 21.4 Å². The summed E-state index contributed by atoms with van der Waals surface area (Å²) in [5.41, 5.74) is 0.567. The fourth-order valence-electron chi connectivity index (χ4n) is 2.55. The fraction of sp³-hybridized carbons (Fsp3) is 0.312. The third-order valence-electron chi connectivity index (χ3n) is 3.74. The zero-order valence-corrected chi connectivity index (χ0v) is 14.3. The van der Waals surface area contributed by atoms with Gasteiger partial charge in [0.15, 0.2) is 21.9 Å². The van der Waals surface area contributed by atoms with E-state index < -0.39 is 0 Å². The molecule has 2 N–H and O–H groups in total. The van der Waals surface area contributed by atoms with E-state index in [0.29, 0.717) is 29.1 Å². The summed E-state index contributed by atoms with van der Waals surface area (Å²) < 4.78 is 13.3. The van der Waals surface area contributed by atoms with E-state index in [-0.39, 0.29) is 11.7 Å². The number of fused-ring (bicyclic) bond motifs is 1. The van der Waals surface area contributed by atoms with Crippen LogP contribution in [0.25, 0.3) is 11.0 Å². The molecule has 0 aliphatic carbocycles. The number of benzene rings is 1. The van der Waals surface area contributed by atoms with Gasteiger partial charge in [-0.2, -0.15) is 5.10 Å². The SMILES string of the molecule is CCn1c(CCNC(=O)c2cc3cccc(OC)c3o2)n[nH]c1=S. The van der Waals surface area contributed by atoms with E-state index >= 15 is 0 Å². The van der Waals surface area contributed by atoms with Gasteiger partial charge in [-0.05, 0) is 31.3 Å². The first-order valence-corrected chi connectivity index (χ1v) is 8.03. The number of aromatic amines is 1. The molecule has 1 aromatic carbocycles. The van der Waals surface area contributed by atoms with E-state index in [1.807, 2.05) is 23.6 Å². The predicted octanol–water partition coefficient (Wildman–Crippen LogP) is 2.69. The van der Waals surface area contributed by atoms with Crippen LogP contribution in [0, 0.1) is 4.77 Å². The highest BCUT2D eigenvalue weighted by molar-refractivity contribution is 7.71. The third-order valence-corrected chi connectivity index (χ3v) is 4.05. The number of carbonyl (C=O) groups is 1. The first kappa shape index (κ1) is 16.3. The van der Waals surface area contributed by atoms with Gasteiger partial charge in [-0.3, -0.25) is 9.89 Å². The summed E-state index contributed by atoms with van der Waals surface area (Å²) in [5.74, 6) is 1.40. The number of carbonyl (C=O) groups excluding carboxylic acids is 1. The highest BCUT2D eigenvalue weighted by atomic mass is 32.1. The smallest absolute Gasteiger partial charge is 0.287 e. The molecule has 0 saturated heterocycles. The van der Waals surface area contributed by atoms with E-state index in [0.717, 1.165) is 17.8 Å². The third kappa shape index (κ3) is 3.05. The summed E-state index contributed by atoms with van der Waals surface area (Å²) in [6, 6.07) is 7.22. The number of hydrogen-bond acceptors (Lipinski definition) is 5. The van der Waals surface area contributed by atoms with Crippen molar-refractivity contribution in [3.63, 3.8) is 0 Å². The molecule has 3 aromatic rings. The molecule has 24 heavy (non-hydrogen) atoms. The summed E-state index contributed by atoms with van der Waals surface area (Å²) in [5, 5.41) is 10.6. The minimum absolute atomic E-state index is 0.254. The predicted molar refractivity (Wildman–Crippen MR) is 91.9 cm³/mol. The number of rotatable bonds is 6. The van der Waals surface area contributed by atoms with Crippen molar-refractivity contribution in [1.29, 1.82) is 0 Å². The van der Waals surface area contributed by atoms with Crippen LogP contribution in [0.15, 0.2) is 28.7 Å². The topological polar surface area (TPSA) is 85.1 Å². The van der Waals surface area contributed by atoms with Crippen LogP contribution in [0.1, 0.15) is 23.3 Å². The van der Waals surface area contributed by atoms with Crippen LogP contribution in [0.2, 0.25) is 0 Å². The lowest BCUT2D eigenvalue weighted by atomic mass is 10.2. The van der Waals surface area contributed by atoms with Gasteiger partial charge in [0, 0.05) is 24.9 Å². The quantitative estimate of drug-likeness (QED) is 0.670. The summed E-state index contributed by atoms with van der Waals surface area (Å²) in [7, 11) is 1.57. The van der Waals surface area contributed by atoms with Crippen LogP contribution in [-0.4, -0.2) is 34.3 Å². The second kappa shape index (κ2) is 6.88. The van der Waals surface area contributed by atoms with Gasteiger partial charge < -0.3 is 19.0 Å². The van der Waals surface area contributed by atoms with Gasteiger partial charge in [-0.15, -0.1) is 0 Å². The normalized spacial score (nSPS) is 10.9. The lowest BCUT2D eigenvalue weighted by Gasteiger charge is -2.04. The molecule has 2 heterocycles. The van der Waals surface area contributed by atoms with Gasteiger partial charge in [0.05, 0.1) is 7.11 Å². The van der Waals surface area contributed by atoms with E-state index in [1.54, 1.807) is 19.2 Å². The van der Waals surface area contributed by atoms with Crippen LogP contribution in [0.5, 0.6) is 5.75 Å². The van der Waals surface area contributed by atoms with Gasteiger partial charge in [-0.25, -0.2) is 0 Å². The average Bonchev–Trinajstić information content (AvgIpc) is 3.17. The number of amides is 1. The maximum atomic E-state index is 12.3. The zero-order chi connectivity index (χ0) is 17.1. The maximum Gasteiger partial charge on any atom is 0.287 e. The molecule has 1 amide bonds. The minimum atomic E-state index is -0.273. The highest BCUT2D eigenvalue weighted by Crippen LogP contribution is 2.28. The van der Waals surface area contributed by atoms with Crippen molar-refractivity contribution in [3.8, 4) is 5.75 Å². The Kier molecular flexibility index (Phi) is 4.66. The second-order valence-electron chi connectivity index (χ2n) is 5.18. The van der Waals surface area contributed by atoms with Gasteiger partial charge in [0.1, 0.15) is 5.82 Å². The number of methoxy groups -OCH3 is 1. The summed E-state index contributed by atoms with van der Waals surface area (Å²) in [6.07, 6.45) is 0.580. The molecule has 8 heteroatoms. The Morgan fingerprint density at radius 1 is 1.50 bits per heavy atom. The van der Waals surface area contributed by atoms with Gasteiger partial charge in [0.25, 0.3) is 5.91 Å². The number of hydrogen-bond donors (Lipinski definition) is 2. The van der Waals surface area contributed by atoms with Crippen molar-refractivity contribution in [2.45, 2.75) is 19.9 Å². The molecule has 0 unspecified atom stereocenters. The molecule has 0 aliphatic rings. The van der Waals surface area contributed by atoms with Crippen molar-refractivity contribution < 1.29 is 13.9 Å². The summed E-state index contributed by atoms with van der Waals surface area (Å²) in [6.45, 7) is 3.17. The van der Waals surface area contributed by atoms with Crippen LogP contribution in [-0.2, 0) is 13.0 Å². The average molecular weight is 346 g/mol. The molecule has 0 bridgehead atoms. The molecule has 0 radical (unpaired) electrons. The molecule has 2 aromatic heterocycles.